The van der Waals surface area contributed by atoms with Crippen molar-refractivity contribution in [1.29, 1.82) is 0 Å². The minimum Gasteiger partial charge on any atom is -0.508 e. The smallest absolute Gasteiger partial charge is 0.227 e. The number of phenols is 1. The van der Waals surface area contributed by atoms with Crippen LogP contribution in [-0.4, -0.2) is 41.8 Å². The number of nitrogens with zero attached hydrogens (tertiary/aromatic N) is 2. The summed E-state index contributed by atoms with van der Waals surface area (Å²) in [7, 11) is -3.31. The Hall–Kier alpha value is -3.23. The molecule has 31 heavy (non-hydrogen) atoms. The van der Waals surface area contributed by atoms with Gasteiger partial charge < -0.3 is 15.7 Å². The summed E-state index contributed by atoms with van der Waals surface area (Å²) in [4.78, 5) is 8.95. The van der Waals surface area contributed by atoms with E-state index in [2.05, 4.69) is 20.6 Å². The first-order valence-corrected chi connectivity index (χ1v) is 11.7. The van der Waals surface area contributed by atoms with Gasteiger partial charge in [-0.25, -0.2) is 18.4 Å². The molecule has 160 valence electrons. The van der Waals surface area contributed by atoms with Crippen molar-refractivity contribution in [3.8, 4) is 5.75 Å². The second kappa shape index (κ2) is 9.28. The van der Waals surface area contributed by atoms with Crippen LogP contribution in [0, 0.1) is 0 Å². The number of aromatic hydroxyl groups is 1. The highest BCUT2D eigenvalue weighted by Crippen LogP contribution is 2.24. The van der Waals surface area contributed by atoms with Crippen molar-refractivity contribution < 1.29 is 13.5 Å². The van der Waals surface area contributed by atoms with Crippen molar-refractivity contribution in [2.75, 3.05) is 18.4 Å². The molecule has 1 aliphatic rings. The highest BCUT2D eigenvalue weighted by atomic mass is 32.2. The molecule has 1 aromatic heterocycles. The summed E-state index contributed by atoms with van der Waals surface area (Å²) in [5, 5.41) is 15.5. The largest absolute Gasteiger partial charge is 0.508 e. The molecule has 0 radical (unpaired) electrons. The van der Waals surface area contributed by atoms with Crippen LogP contribution in [0.5, 0.6) is 5.75 Å². The Kier molecular flexibility index (Phi) is 6.29. The Labute approximate surface area is 181 Å². The Morgan fingerprint density at radius 1 is 0.968 bits per heavy atom. The van der Waals surface area contributed by atoms with Gasteiger partial charge in [-0.2, -0.15) is 0 Å². The van der Waals surface area contributed by atoms with E-state index in [1.165, 1.54) is 0 Å². The van der Waals surface area contributed by atoms with Gasteiger partial charge in [0.2, 0.25) is 5.95 Å². The van der Waals surface area contributed by atoms with Crippen LogP contribution in [0.15, 0.2) is 65.8 Å². The molecule has 0 amide bonds. The average Bonchev–Trinajstić information content (AvgIpc) is 2.80. The molecule has 1 fully saturated rings. The fourth-order valence-electron chi connectivity index (χ4n) is 3.46. The number of hydrogen-bond donors (Lipinski definition) is 3. The van der Waals surface area contributed by atoms with Crippen LogP contribution in [0.25, 0.3) is 12.2 Å². The van der Waals surface area contributed by atoms with Crippen LogP contribution in [0.3, 0.4) is 0 Å². The molecule has 0 spiro atoms. The highest BCUT2D eigenvalue weighted by Gasteiger charge is 2.28. The number of aromatic nitrogens is 2. The summed E-state index contributed by atoms with van der Waals surface area (Å²) < 4.78 is 25.6. The zero-order valence-electron chi connectivity index (χ0n) is 16.9. The standard InChI is InChI=1S/C23H24N4O3S/c28-20-3-1-2-17(14-20)4-5-18-15-25-23(26-16-18)27-19-6-8-21(9-7-19)31(29,30)22-10-12-24-13-11-22/h1-9,14-16,22,24,28H,10-13H2,(H,25,26,27). The first-order chi connectivity index (χ1) is 15.0. The maximum Gasteiger partial charge on any atom is 0.227 e. The van der Waals surface area contributed by atoms with E-state index < -0.39 is 9.84 Å². The molecule has 1 saturated heterocycles. The zero-order chi connectivity index (χ0) is 21.7. The predicted octanol–water partition coefficient (Wildman–Crippen LogP) is 3.62. The van der Waals surface area contributed by atoms with E-state index in [0.717, 1.165) is 24.2 Å². The molecule has 1 aliphatic heterocycles. The molecule has 3 aromatic rings. The molecule has 7 nitrogen and oxygen atoms in total. The molecule has 0 bridgehead atoms. The van der Waals surface area contributed by atoms with E-state index >= 15 is 0 Å². The van der Waals surface area contributed by atoms with E-state index in [4.69, 9.17) is 0 Å². The quantitative estimate of drug-likeness (QED) is 0.542. The van der Waals surface area contributed by atoms with Crippen LogP contribution in [-0.2, 0) is 9.84 Å². The molecule has 4 rings (SSSR count). The van der Waals surface area contributed by atoms with Gasteiger partial charge in [0.25, 0.3) is 0 Å². The van der Waals surface area contributed by atoms with Crippen LogP contribution < -0.4 is 10.6 Å². The average molecular weight is 437 g/mol. The van der Waals surface area contributed by atoms with Crippen LogP contribution in [0.1, 0.15) is 24.0 Å². The number of sulfone groups is 1. The first-order valence-electron chi connectivity index (χ1n) is 10.1. The zero-order valence-corrected chi connectivity index (χ0v) is 17.7. The van der Waals surface area contributed by atoms with Gasteiger partial charge in [0, 0.05) is 23.6 Å². The predicted molar refractivity (Wildman–Crippen MR) is 122 cm³/mol. The molecule has 2 aromatic carbocycles. The number of rotatable bonds is 6. The highest BCUT2D eigenvalue weighted by molar-refractivity contribution is 7.92. The van der Waals surface area contributed by atoms with E-state index in [9.17, 15) is 13.5 Å². The van der Waals surface area contributed by atoms with E-state index in [1.807, 2.05) is 18.2 Å². The second-order valence-corrected chi connectivity index (χ2v) is 9.64. The Bertz CT molecular complexity index is 1150. The van der Waals surface area contributed by atoms with Crippen molar-refractivity contribution in [2.45, 2.75) is 23.0 Å². The maximum atomic E-state index is 12.8. The summed E-state index contributed by atoms with van der Waals surface area (Å²) in [5.74, 6) is 0.635. The van der Waals surface area contributed by atoms with Gasteiger partial charge in [-0.15, -0.1) is 0 Å². The van der Waals surface area contributed by atoms with Gasteiger partial charge in [0.05, 0.1) is 10.1 Å². The fraction of sp³-hybridized carbons (Fsp3) is 0.217. The Balaban J connectivity index is 1.40. The van der Waals surface area contributed by atoms with Gasteiger partial charge in [-0.05, 0) is 67.9 Å². The summed E-state index contributed by atoms with van der Waals surface area (Å²) in [6.45, 7) is 1.47. The van der Waals surface area contributed by atoms with Crippen LogP contribution in [0.2, 0.25) is 0 Å². The molecule has 2 heterocycles. The summed E-state index contributed by atoms with van der Waals surface area (Å²) in [6.07, 6.45) is 8.38. The number of phenolic OH excluding ortho intramolecular Hbond substituents is 1. The topological polar surface area (TPSA) is 104 Å². The number of hydrogen-bond acceptors (Lipinski definition) is 7. The third-order valence-corrected chi connectivity index (χ3v) is 7.45. The van der Waals surface area contributed by atoms with Gasteiger partial charge in [0.1, 0.15) is 5.75 Å². The number of anilines is 2. The molecule has 0 aliphatic carbocycles. The fourth-order valence-corrected chi connectivity index (χ4v) is 5.22. The second-order valence-electron chi connectivity index (χ2n) is 7.41. The van der Waals surface area contributed by atoms with E-state index in [-0.39, 0.29) is 11.0 Å². The molecule has 0 atom stereocenters. The first kappa shape index (κ1) is 21.0. The minimum atomic E-state index is -3.31. The minimum absolute atomic E-state index is 0.215. The number of piperidine rings is 1. The summed E-state index contributed by atoms with van der Waals surface area (Å²) >= 11 is 0. The number of benzene rings is 2. The van der Waals surface area contributed by atoms with Gasteiger partial charge in [-0.1, -0.05) is 24.3 Å². The molecular weight excluding hydrogens is 412 g/mol. The lowest BCUT2D eigenvalue weighted by atomic mass is 10.2. The van der Waals surface area contributed by atoms with Crippen molar-refractivity contribution in [1.82, 2.24) is 15.3 Å². The lowest BCUT2D eigenvalue weighted by Gasteiger charge is -2.22. The molecule has 0 saturated carbocycles. The maximum absolute atomic E-state index is 12.8. The monoisotopic (exact) mass is 436 g/mol. The number of nitrogens with one attached hydrogen (secondary N) is 2. The normalized spacial score (nSPS) is 15.2. The van der Waals surface area contributed by atoms with Crippen LogP contribution >= 0.6 is 0 Å². The Morgan fingerprint density at radius 3 is 2.32 bits per heavy atom. The molecular formula is C23H24N4O3S. The van der Waals surface area contributed by atoms with Gasteiger partial charge >= 0.3 is 0 Å². The Morgan fingerprint density at radius 2 is 1.65 bits per heavy atom. The summed E-state index contributed by atoms with van der Waals surface area (Å²) in [6, 6.07) is 13.7. The van der Waals surface area contributed by atoms with Gasteiger partial charge in [-0.3, -0.25) is 0 Å². The van der Waals surface area contributed by atoms with Crippen molar-refractivity contribution in [2.24, 2.45) is 0 Å². The molecule has 8 heteroatoms. The van der Waals surface area contributed by atoms with Gasteiger partial charge in [0.15, 0.2) is 9.84 Å². The van der Waals surface area contributed by atoms with Crippen LogP contribution in [0.4, 0.5) is 11.6 Å². The third-order valence-electron chi connectivity index (χ3n) is 5.17. The SMILES string of the molecule is O=S(=O)(c1ccc(Nc2ncc(C=Cc3cccc(O)c3)cn2)cc1)C1CCNCC1. The lowest BCUT2D eigenvalue weighted by molar-refractivity contribution is 0.475. The third kappa shape index (κ3) is 5.28. The van der Waals surface area contributed by atoms with Crippen molar-refractivity contribution in [3.05, 3.63) is 72.1 Å². The van der Waals surface area contributed by atoms with Crippen molar-refractivity contribution in [3.63, 3.8) is 0 Å². The van der Waals surface area contributed by atoms with Crippen molar-refractivity contribution >= 4 is 33.6 Å². The van der Waals surface area contributed by atoms with E-state index in [1.54, 1.807) is 54.9 Å². The summed E-state index contributed by atoms with van der Waals surface area (Å²) in [5.41, 5.74) is 2.41. The lowest BCUT2D eigenvalue weighted by Crippen LogP contribution is -2.35. The van der Waals surface area contributed by atoms with E-state index in [0.29, 0.717) is 29.4 Å². The molecule has 0 unspecified atom stereocenters. The molecule has 3 N–H and O–H groups in total.